The van der Waals surface area contributed by atoms with Gasteiger partial charge in [-0.05, 0) is 24.7 Å². The molecule has 1 aromatic rings. The Hall–Kier alpha value is -1.59. The Morgan fingerprint density at radius 1 is 1.38 bits per heavy atom. The maximum atomic E-state index is 11.8. The zero-order valence-electron chi connectivity index (χ0n) is 12.3. The van der Waals surface area contributed by atoms with Crippen molar-refractivity contribution in [3.63, 3.8) is 0 Å². The standard InChI is InChI=1S/C15H20ClN3O2/c1-17-15(21)12-5-3-4-11(8-12)13-10-19(14(20)9-16)7-6-18(13)2/h3-5,8,13H,6-7,9-10H2,1-2H3,(H,17,21). The van der Waals surface area contributed by atoms with Crippen molar-refractivity contribution in [2.24, 2.45) is 0 Å². The lowest BCUT2D eigenvalue weighted by Gasteiger charge is -2.39. The maximum Gasteiger partial charge on any atom is 0.251 e. The molecule has 0 aliphatic carbocycles. The van der Waals surface area contributed by atoms with E-state index < -0.39 is 0 Å². The van der Waals surface area contributed by atoms with E-state index in [1.165, 1.54) is 0 Å². The summed E-state index contributed by atoms with van der Waals surface area (Å²) < 4.78 is 0. The van der Waals surface area contributed by atoms with E-state index in [1.807, 2.05) is 25.2 Å². The number of hydrogen-bond acceptors (Lipinski definition) is 3. The van der Waals surface area contributed by atoms with Crippen LogP contribution in [0.4, 0.5) is 0 Å². The molecule has 1 aliphatic heterocycles. The molecule has 0 radical (unpaired) electrons. The van der Waals surface area contributed by atoms with Crippen LogP contribution in [0.1, 0.15) is 22.0 Å². The molecule has 0 spiro atoms. The average Bonchev–Trinajstić information content (AvgIpc) is 2.53. The summed E-state index contributed by atoms with van der Waals surface area (Å²) in [5, 5.41) is 2.62. The van der Waals surface area contributed by atoms with E-state index in [9.17, 15) is 9.59 Å². The van der Waals surface area contributed by atoms with Gasteiger partial charge in [-0.15, -0.1) is 11.6 Å². The first-order valence-corrected chi connectivity index (χ1v) is 7.46. The molecule has 6 heteroatoms. The van der Waals surface area contributed by atoms with Crippen LogP contribution in [0.3, 0.4) is 0 Å². The van der Waals surface area contributed by atoms with Gasteiger partial charge in [0.25, 0.3) is 5.91 Å². The lowest BCUT2D eigenvalue weighted by molar-refractivity contribution is -0.131. The zero-order chi connectivity index (χ0) is 15.4. The summed E-state index contributed by atoms with van der Waals surface area (Å²) in [5.41, 5.74) is 1.66. The second-order valence-corrected chi connectivity index (χ2v) is 5.44. The minimum atomic E-state index is -0.107. The number of likely N-dealkylation sites (N-methyl/N-ethyl adjacent to an activating group) is 1. The van der Waals surface area contributed by atoms with Gasteiger partial charge in [-0.3, -0.25) is 14.5 Å². The molecule has 1 N–H and O–H groups in total. The number of carbonyl (C=O) groups excluding carboxylic acids is 2. The molecule has 5 nitrogen and oxygen atoms in total. The van der Waals surface area contributed by atoms with Crippen molar-refractivity contribution >= 4 is 23.4 Å². The van der Waals surface area contributed by atoms with Crippen LogP contribution in [0.2, 0.25) is 0 Å². The number of alkyl halides is 1. The van der Waals surface area contributed by atoms with Crippen LogP contribution in [0, 0.1) is 0 Å². The van der Waals surface area contributed by atoms with E-state index in [1.54, 1.807) is 18.0 Å². The number of hydrogen-bond donors (Lipinski definition) is 1. The third kappa shape index (κ3) is 3.54. The van der Waals surface area contributed by atoms with Crippen molar-refractivity contribution in [2.75, 3.05) is 39.6 Å². The van der Waals surface area contributed by atoms with Gasteiger partial charge in [0.15, 0.2) is 0 Å². The van der Waals surface area contributed by atoms with Crippen LogP contribution >= 0.6 is 11.6 Å². The Labute approximate surface area is 129 Å². The first-order chi connectivity index (χ1) is 10.1. The number of nitrogens with one attached hydrogen (secondary N) is 1. The van der Waals surface area contributed by atoms with Crippen molar-refractivity contribution in [3.8, 4) is 0 Å². The molecule has 2 amide bonds. The Kier molecular flexibility index (Phi) is 5.20. The molecule has 1 heterocycles. The quantitative estimate of drug-likeness (QED) is 0.851. The Morgan fingerprint density at radius 3 is 2.81 bits per heavy atom. The number of halogens is 1. The summed E-state index contributed by atoms with van der Waals surface area (Å²) in [6.45, 7) is 2.07. The third-order valence-corrected chi connectivity index (χ3v) is 4.10. The molecular weight excluding hydrogens is 290 g/mol. The Balaban J connectivity index is 2.22. The van der Waals surface area contributed by atoms with Crippen LogP contribution in [0.15, 0.2) is 24.3 Å². The fourth-order valence-corrected chi connectivity index (χ4v) is 2.75. The van der Waals surface area contributed by atoms with Gasteiger partial charge in [-0.2, -0.15) is 0 Å². The maximum absolute atomic E-state index is 11.8. The Morgan fingerprint density at radius 2 is 2.14 bits per heavy atom. The number of nitrogens with zero attached hydrogens (tertiary/aromatic N) is 2. The molecule has 2 rings (SSSR count). The van der Waals surface area contributed by atoms with Gasteiger partial charge in [-0.25, -0.2) is 0 Å². The van der Waals surface area contributed by atoms with E-state index >= 15 is 0 Å². The van der Waals surface area contributed by atoms with Crippen molar-refractivity contribution in [2.45, 2.75) is 6.04 Å². The van der Waals surface area contributed by atoms with Gasteiger partial charge in [0.1, 0.15) is 5.88 Å². The number of rotatable bonds is 3. The normalized spacial score (nSPS) is 19.4. The molecular formula is C15H20ClN3O2. The second kappa shape index (κ2) is 6.91. The minimum Gasteiger partial charge on any atom is -0.355 e. The summed E-state index contributed by atoms with van der Waals surface area (Å²) in [7, 11) is 3.64. The summed E-state index contributed by atoms with van der Waals surface area (Å²) in [4.78, 5) is 27.5. The highest BCUT2D eigenvalue weighted by molar-refractivity contribution is 6.27. The fourth-order valence-electron chi connectivity index (χ4n) is 2.58. The Bertz CT molecular complexity index is 535. The summed E-state index contributed by atoms with van der Waals surface area (Å²) in [6.07, 6.45) is 0. The van der Waals surface area contributed by atoms with E-state index in [-0.39, 0.29) is 23.7 Å². The SMILES string of the molecule is CNC(=O)c1cccc(C2CN(C(=O)CCl)CCN2C)c1. The molecule has 1 aromatic carbocycles. The van der Waals surface area contributed by atoms with Gasteiger partial charge in [0.05, 0.1) is 6.04 Å². The van der Waals surface area contributed by atoms with Crippen LogP contribution in [-0.2, 0) is 4.79 Å². The predicted octanol–water partition coefficient (Wildman–Crippen LogP) is 1.10. The summed E-state index contributed by atoms with van der Waals surface area (Å²) in [6, 6.07) is 7.61. The van der Waals surface area contributed by atoms with Gasteiger partial charge >= 0.3 is 0 Å². The van der Waals surface area contributed by atoms with E-state index in [0.717, 1.165) is 12.1 Å². The van der Waals surface area contributed by atoms with Crippen LogP contribution in [-0.4, -0.2) is 61.2 Å². The number of piperazine rings is 1. The molecule has 0 bridgehead atoms. The van der Waals surface area contributed by atoms with Crippen LogP contribution < -0.4 is 5.32 Å². The molecule has 0 saturated carbocycles. The number of benzene rings is 1. The fraction of sp³-hybridized carbons (Fsp3) is 0.467. The van der Waals surface area contributed by atoms with Crippen molar-refractivity contribution in [3.05, 3.63) is 35.4 Å². The van der Waals surface area contributed by atoms with E-state index in [4.69, 9.17) is 11.6 Å². The minimum absolute atomic E-state index is 0.00865. The third-order valence-electron chi connectivity index (χ3n) is 3.88. The second-order valence-electron chi connectivity index (χ2n) is 5.17. The zero-order valence-corrected chi connectivity index (χ0v) is 13.1. The molecule has 21 heavy (non-hydrogen) atoms. The smallest absolute Gasteiger partial charge is 0.251 e. The average molecular weight is 310 g/mol. The summed E-state index contributed by atoms with van der Waals surface area (Å²) >= 11 is 5.64. The van der Waals surface area contributed by atoms with Gasteiger partial charge in [0, 0.05) is 32.2 Å². The van der Waals surface area contributed by atoms with Crippen LogP contribution in [0.5, 0.6) is 0 Å². The molecule has 1 fully saturated rings. The predicted molar refractivity (Wildman–Crippen MR) is 82.5 cm³/mol. The van der Waals surface area contributed by atoms with Crippen molar-refractivity contribution in [1.82, 2.24) is 15.1 Å². The van der Waals surface area contributed by atoms with Gasteiger partial charge < -0.3 is 10.2 Å². The molecule has 1 atom stereocenters. The first-order valence-electron chi connectivity index (χ1n) is 6.93. The lowest BCUT2D eigenvalue weighted by Crippen LogP contribution is -2.49. The highest BCUT2D eigenvalue weighted by Crippen LogP contribution is 2.25. The number of carbonyl (C=O) groups is 2. The van der Waals surface area contributed by atoms with E-state index in [2.05, 4.69) is 10.2 Å². The monoisotopic (exact) mass is 309 g/mol. The molecule has 1 saturated heterocycles. The topological polar surface area (TPSA) is 52.7 Å². The highest BCUT2D eigenvalue weighted by atomic mass is 35.5. The molecule has 1 unspecified atom stereocenters. The molecule has 1 aliphatic rings. The van der Waals surface area contributed by atoms with E-state index in [0.29, 0.717) is 18.7 Å². The van der Waals surface area contributed by atoms with Crippen molar-refractivity contribution in [1.29, 1.82) is 0 Å². The molecule has 0 aromatic heterocycles. The molecule has 114 valence electrons. The van der Waals surface area contributed by atoms with Gasteiger partial charge in [0.2, 0.25) is 5.91 Å². The van der Waals surface area contributed by atoms with Crippen LogP contribution in [0.25, 0.3) is 0 Å². The lowest BCUT2D eigenvalue weighted by atomic mass is 10.00. The first kappa shape index (κ1) is 15.8. The summed E-state index contributed by atoms with van der Waals surface area (Å²) in [5.74, 6) is -0.143. The highest BCUT2D eigenvalue weighted by Gasteiger charge is 2.28. The van der Waals surface area contributed by atoms with Gasteiger partial charge in [-0.1, -0.05) is 12.1 Å². The number of amides is 2. The van der Waals surface area contributed by atoms with Crippen molar-refractivity contribution < 1.29 is 9.59 Å². The largest absolute Gasteiger partial charge is 0.355 e.